The van der Waals surface area contributed by atoms with E-state index in [9.17, 15) is 0 Å². The number of aromatic nitrogens is 2. The molecule has 0 aliphatic heterocycles. The summed E-state index contributed by atoms with van der Waals surface area (Å²) in [7, 11) is 206. The van der Waals surface area contributed by atoms with Crippen molar-refractivity contribution in [2.45, 2.75) is 0 Å². The standard InChI is InChI=1S/C50H2B31N2/c51-2-1-3(17(53)33(69)16(2)52)81-45-40(76)38(74)31(67)14-13-19(55)7(28(64)41(77)46(13)82-47(14)45)8-20(56)15-5-4-6(24(60)35(71)34(70)21(4)57)29(65)42(78)48(5)83(49(15)43(79)30(8)66)50-32(68)12(27(63)39(75)44(50)80)10-18(54)9-11(23(59)22(10)58)26(62)37(73)36(72)25(9)61/h1,82H. The molecular weight excluding hydrogens is 964 g/mol. The third-order valence-corrected chi connectivity index (χ3v) is 16.2. The van der Waals surface area contributed by atoms with Crippen molar-refractivity contribution in [3.8, 4) is 27.9 Å². The number of rotatable bonds is 5. The van der Waals surface area contributed by atoms with Gasteiger partial charge in [-0.3, -0.25) is 0 Å². The Morgan fingerprint density at radius 1 is 0.241 bits per heavy atom. The Hall–Kier alpha value is -4.89. The van der Waals surface area contributed by atoms with E-state index in [1.807, 2.05) is 0 Å². The first-order valence-corrected chi connectivity index (χ1v) is 24.5. The minimum atomic E-state index is -0.269. The van der Waals surface area contributed by atoms with Crippen LogP contribution in [-0.2, 0) is 0 Å². The molecule has 1 N–H and O–H groups in total. The number of H-pyrrole nitrogens is 1. The van der Waals surface area contributed by atoms with Crippen LogP contribution in [0, 0.1) is 0 Å². The molecule has 0 fully saturated rings. The van der Waals surface area contributed by atoms with Crippen molar-refractivity contribution in [2.24, 2.45) is 0 Å². The fraction of sp³-hybridized carbons (Fsp3) is 0. The van der Waals surface area contributed by atoms with E-state index in [1.54, 1.807) is 7.28 Å². The van der Waals surface area contributed by atoms with E-state index in [-0.39, 0.29) is 262 Å². The molecule has 0 amide bonds. The molecule has 9 aromatic carbocycles. The van der Waals surface area contributed by atoms with Crippen molar-refractivity contribution in [3.05, 3.63) is 6.07 Å². The van der Waals surface area contributed by atoms with E-state index in [4.69, 9.17) is 235 Å². The maximum Gasteiger partial charge on any atom is 0.192 e. The predicted octanol–water partition coefficient (Wildman–Crippen LogP) is -24.5. The first-order chi connectivity index (χ1) is 38.8. The van der Waals surface area contributed by atoms with Crippen LogP contribution in [0.15, 0.2) is 6.07 Å². The molecule has 83 heavy (non-hydrogen) atoms. The van der Waals surface area contributed by atoms with Gasteiger partial charge in [0.1, 0.15) is 235 Å². The van der Waals surface area contributed by atoms with Crippen LogP contribution in [0.4, 0.5) is 0 Å². The lowest BCUT2D eigenvalue weighted by Crippen LogP contribution is -2.59. The van der Waals surface area contributed by atoms with E-state index in [0.29, 0.717) is 5.46 Å². The number of nitrogens with zero attached hydrogens (tertiary/aromatic N) is 1. The Balaban J connectivity index is 1.32. The van der Waals surface area contributed by atoms with E-state index in [1.165, 1.54) is 10.6 Å². The maximum absolute atomic E-state index is 7.56. The Kier molecular flexibility index (Phi) is 14.7. The second-order valence-corrected chi connectivity index (χ2v) is 20.4. The van der Waals surface area contributed by atoms with Crippen LogP contribution in [0.25, 0.3) is 93.1 Å². The van der Waals surface area contributed by atoms with Crippen LogP contribution in [-0.4, -0.2) is 252 Å². The topological polar surface area (TPSA) is 20.7 Å². The van der Waals surface area contributed by atoms with Crippen LogP contribution in [0.1, 0.15) is 0 Å². The molecule has 11 rings (SSSR count). The monoisotopic (exact) mass is 971 g/mol. The lowest BCUT2D eigenvalue weighted by Gasteiger charge is -2.30. The van der Waals surface area contributed by atoms with Crippen molar-refractivity contribution in [1.29, 1.82) is 0 Å². The van der Waals surface area contributed by atoms with Gasteiger partial charge in [0.15, 0.2) is 7.28 Å². The minimum Gasteiger partial charge on any atom is -0.356 e. The molecule has 0 atom stereocenters. The molecule has 305 valence electrons. The second-order valence-electron chi connectivity index (χ2n) is 20.4. The van der Waals surface area contributed by atoms with E-state index < -0.39 is 0 Å². The Bertz CT molecular complexity index is 4940. The average Bonchev–Trinajstić information content (AvgIpc) is 1.66. The van der Waals surface area contributed by atoms with E-state index in [2.05, 4.69) is 4.98 Å². The van der Waals surface area contributed by atoms with Gasteiger partial charge in [-0.2, -0.15) is 0 Å². The highest BCUT2D eigenvalue weighted by Crippen LogP contribution is 2.34. The molecule has 0 saturated heterocycles. The first-order valence-electron chi connectivity index (χ1n) is 24.5. The fourth-order valence-corrected chi connectivity index (χ4v) is 11.8. The lowest BCUT2D eigenvalue weighted by atomic mass is 9.51. The SMILES string of the molecule is [B]c1cc([B]c2c([B])c([B])c([B])c3c2[nH]c2c([B])c([B])c(-c4c([B])c([B])c5c(c4[B])c4c6c([B])c([B])c([B])c([B])c6c([B])c([B])c4n5-c4c([B])c([B])c([B])c(-c5c([B])c([B])c6c([B])c([B])c([B])c([B])c6c5[B])c4[B])c([B])c23)c([B])c([B])c1[B]. The number of hydrogen-bond acceptors (Lipinski definition) is 0. The quantitative estimate of drug-likeness (QED) is 0.166. The Morgan fingerprint density at radius 2 is 0.578 bits per heavy atom. The maximum atomic E-state index is 7.56. The minimum absolute atomic E-state index is 0.0101. The zero-order valence-corrected chi connectivity index (χ0v) is 43.9. The van der Waals surface area contributed by atoms with Gasteiger partial charge in [-0.15, -0.1) is 60.1 Å². The van der Waals surface area contributed by atoms with E-state index >= 15 is 0 Å². The first kappa shape index (κ1) is 59.8. The molecule has 2 nitrogen and oxygen atoms in total. The third kappa shape index (κ3) is 7.87. The van der Waals surface area contributed by atoms with Crippen LogP contribution < -0.4 is 175 Å². The molecule has 2 aromatic heterocycles. The summed E-state index contributed by atoms with van der Waals surface area (Å²) >= 11 is 0. The van der Waals surface area contributed by atoms with Crippen molar-refractivity contribution in [2.75, 3.05) is 0 Å². The molecule has 2 heterocycles. The summed E-state index contributed by atoms with van der Waals surface area (Å²) in [5.41, 5.74) is -2.69. The van der Waals surface area contributed by atoms with Gasteiger partial charge in [0.2, 0.25) is 0 Å². The normalized spacial score (nSPS) is 11.9. The summed E-state index contributed by atoms with van der Waals surface area (Å²) in [4.78, 5) is 3.29. The fourth-order valence-electron chi connectivity index (χ4n) is 11.8. The number of hydrogen-bond donors (Lipinski definition) is 1. The van der Waals surface area contributed by atoms with Crippen molar-refractivity contribution < 1.29 is 0 Å². The molecule has 11 aromatic rings. The van der Waals surface area contributed by atoms with Crippen molar-refractivity contribution in [3.63, 3.8) is 0 Å². The van der Waals surface area contributed by atoms with Crippen LogP contribution >= 0.6 is 0 Å². The zero-order chi connectivity index (χ0) is 61.0. The van der Waals surface area contributed by atoms with Crippen molar-refractivity contribution in [1.82, 2.24) is 9.55 Å². The molecule has 0 unspecified atom stereocenters. The molecule has 0 bridgehead atoms. The van der Waals surface area contributed by atoms with Gasteiger partial charge < -0.3 is 9.55 Å². The van der Waals surface area contributed by atoms with Crippen LogP contribution in [0.2, 0.25) is 0 Å². The molecule has 0 aliphatic rings. The Labute approximate surface area is 522 Å². The largest absolute Gasteiger partial charge is 0.356 e. The van der Waals surface area contributed by atoms with Gasteiger partial charge in [0, 0.05) is 38.5 Å². The summed E-state index contributed by atoms with van der Waals surface area (Å²) in [6.07, 6.45) is 0. The molecular formula is C50H2B31N2. The summed E-state index contributed by atoms with van der Waals surface area (Å²) < 4.78 is 1.40. The van der Waals surface area contributed by atoms with Gasteiger partial charge >= 0.3 is 0 Å². The summed E-state index contributed by atoms with van der Waals surface area (Å²) in [6, 6.07) is 1.51. The van der Waals surface area contributed by atoms with Gasteiger partial charge in [0.25, 0.3) is 0 Å². The molecule has 61 radical (unpaired) electrons. The smallest absolute Gasteiger partial charge is 0.192 e. The van der Waals surface area contributed by atoms with E-state index in [0.717, 1.165) is 0 Å². The predicted molar refractivity (Wildman–Crippen MR) is 389 cm³/mol. The highest BCUT2D eigenvalue weighted by atomic mass is 15.0. The second kappa shape index (κ2) is 20.4. The number of fused-ring (bicyclic) bond motifs is 9. The number of aromatic amines is 1. The number of benzene rings is 9. The average molecular weight is 966 g/mol. The summed E-state index contributed by atoms with van der Waals surface area (Å²) in [6.45, 7) is 0. The van der Waals surface area contributed by atoms with Gasteiger partial charge in [-0.05, 0) is 54.6 Å². The molecule has 0 aliphatic carbocycles. The third-order valence-electron chi connectivity index (χ3n) is 16.2. The lowest BCUT2D eigenvalue weighted by molar-refractivity contribution is 1.22. The Morgan fingerprint density at radius 3 is 1.13 bits per heavy atom. The molecule has 33 heteroatoms. The van der Waals surface area contributed by atoms with Gasteiger partial charge in [-0.25, -0.2) is 0 Å². The summed E-state index contributed by atoms with van der Waals surface area (Å²) in [5.74, 6) is 0. The number of nitrogens with one attached hydrogen (secondary N) is 1. The van der Waals surface area contributed by atoms with Crippen molar-refractivity contribution >= 4 is 483 Å². The van der Waals surface area contributed by atoms with Gasteiger partial charge in [0.05, 0.1) is 0 Å². The van der Waals surface area contributed by atoms with Crippen LogP contribution in [0.3, 0.4) is 0 Å². The molecule has 0 saturated carbocycles. The van der Waals surface area contributed by atoms with Crippen LogP contribution in [0.5, 0.6) is 0 Å². The highest BCUT2D eigenvalue weighted by molar-refractivity contribution is 6.83. The summed E-state index contributed by atoms with van der Waals surface area (Å²) in [5, 5.41) is 0.841. The molecule has 0 spiro atoms. The highest BCUT2D eigenvalue weighted by Gasteiger charge is 2.31. The zero-order valence-electron chi connectivity index (χ0n) is 43.9. The van der Waals surface area contributed by atoms with Gasteiger partial charge in [-0.1, -0.05) is 121 Å².